The van der Waals surface area contributed by atoms with Crippen LogP contribution in [0.2, 0.25) is 0 Å². The maximum atomic E-state index is 11.5. The van der Waals surface area contributed by atoms with Crippen LogP contribution in [0.3, 0.4) is 0 Å². The molecule has 0 spiro atoms. The van der Waals surface area contributed by atoms with Gasteiger partial charge in [0.2, 0.25) is 0 Å². The minimum Gasteiger partial charge on any atom is -0.463 e. The number of ether oxygens (including phenoxy) is 1. The van der Waals surface area contributed by atoms with E-state index < -0.39 is 0 Å². The molecule has 0 N–H and O–H groups in total. The molecule has 2 aromatic rings. The first-order valence-electron chi connectivity index (χ1n) is 6.99. The lowest BCUT2D eigenvalue weighted by Gasteiger charge is -2.09. The molecule has 1 aromatic heterocycles. The fourth-order valence-corrected chi connectivity index (χ4v) is 2.30. The number of carbonyl (C=O) groups is 1. The zero-order valence-electron chi connectivity index (χ0n) is 12.5. The van der Waals surface area contributed by atoms with Gasteiger partial charge in [0, 0.05) is 29.2 Å². The second-order valence-electron chi connectivity index (χ2n) is 5.17. The van der Waals surface area contributed by atoms with E-state index >= 15 is 0 Å². The monoisotopic (exact) mass is 271 g/mol. The molecule has 0 bridgehead atoms. The predicted octanol–water partition coefficient (Wildman–Crippen LogP) is 4.19. The zero-order chi connectivity index (χ0) is 14.7. The van der Waals surface area contributed by atoms with E-state index in [1.54, 1.807) is 6.08 Å². The predicted molar refractivity (Wildman–Crippen MR) is 82.6 cm³/mol. The first kappa shape index (κ1) is 14.4. The Kier molecular flexibility index (Phi) is 4.28. The van der Waals surface area contributed by atoms with Crippen LogP contribution in [0.15, 0.2) is 36.5 Å². The summed E-state index contributed by atoms with van der Waals surface area (Å²) in [6.07, 6.45) is 3.65. The zero-order valence-corrected chi connectivity index (χ0v) is 12.5. The van der Waals surface area contributed by atoms with Crippen molar-refractivity contribution in [1.29, 1.82) is 0 Å². The average molecular weight is 271 g/mol. The Balaban J connectivity index is 2.35. The summed E-state index contributed by atoms with van der Waals surface area (Å²) in [5.41, 5.74) is 3.18. The molecule has 2 rings (SSSR count). The molecule has 1 aromatic carbocycles. The van der Waals surface area contributed by atoms with E-state index in [-0.39, 0.29) is 5.97 Å². The molecule has 3 nitrogen and oxygen atoms in total. The van der Waals surface area contributed by atoms with Crippen LogP contribution >= 0.6 is 0 Å². The highest BCUT2D eigenvalue weighted by molar-refractivity contribution is 5.92. The second-order valence-corrected chi connectivity index (χ2v) is 5.17. The van der Waals surface area contributed by atoms with Gasteiger partial charge in [0.05, 0.1) is 6.61 Å². The Morgan fingerprint density at radius 3 is 2.75 bits per heavy atom. The van der Waals surface area contributed by atoms with Crippen molar-refractivity contribution >= 4 is 22.4 Å². The van der Waals surface area contributed by atoms with Crippen molar-refractivity contribution in [2.75, 3.05) is 6.61 Å². The molecule has 0 unspecified atom stereocenters. The Bertz CT molecular complexity index is 650. The topological polar surface area (TPSA) is 31.2 Å². The summed E-state index contributed by atoms with van der Waals surface area (Å²) in [5.74, 6) is -0.287. The molecule has 0 aliphatic heterocycles. The third-order valence-corrected chi connectivity index (χ3v) is 3.35. The summed E-state index contributed by atoms with van der Waals surface area (Å²) in [4.78, 5) is 11.5. The molecular formula is C17H21NO2. The van der Waals surface area contributed by atoms with Gasteiger partial charge >= 0.3 is 5.97 Å². The van der Waals surface area contributed by atoms with Gasteiger partial charge in [-0.25, -0.2) is 4.79 Å². The van der Waals surface area contributed by atoms with E-state index in [1.165, 1.54) is 10.9 Å². The Labute approximate surface area is 119 Å². The average Bonchev–Trinajstić information content (AvgIpc) is 2.81. The van der Waals surface area contributed by atoms with Crippen molar-refractivity contribution < 1.29 is 9.53 Å². The Hall–Kier alpha value is -2.03. The fraction of sp³-hybridized carbons (Fsp3) is 0.353. The van der Waals surface area contributed by atoms with Crippen LogP contribution in [-0.2, 0) is 9.53 Å². The number of nitrogens with zero attached hydrogens (tertiary/aromatic N) is 1. The van der Waals surface area contributed by atoms with Crippen molar-refractivity contribution in [1.82, 2.24) is 4.57 Å². The Morgan fingerprint density at radius 2 is 2.10 bits per heavy atom. The van der Waals surface area contributed by atoms with Gasteiger partial charge in [-0.2, -0.15) is 0 Å². The molecule has 0 aliphatic carbocycles. The van der Waals surface area contributed by atoms with Crippen LogP contribution in [0.1, 0.15) is 39.3 Å². The normalized spacial score (nSPS) is 12.2. The number of aromatic nitrogens is 1. The third kappa shape index (κ3) is 2.93. The number of esters is 1. The SMILES string of the molecule is CCOC(=O)C=C(C)c1ccc2c(ccn2C(C)C)c1. The highest BCUT2D eigenvalue weighted by Crippen LogP contribution is 2.24. The second kappa shape index (κ2) is 5.95. The maximum absolute atomic E-state index is 11.5. The summed E-state index contributed by atoms with van der Waals surface area (Å²) in [5, 5.41) is 1.19. The molecule has 0 atom stereocenters. The van der Waals surface area contributed by atoms with Crippen LogP contribution in [0.5, 0.6) is 0 Å². The molecular weight excluding hydrogens is 250 g/mol. The van der Waals surface area contributed by atoms with Gasteiger partial charge in [-0.3, -0.25) is 0 Å². The molecule has 0 saturated heterocycles. The smallest absolute Gasteiger partial charge is 0.331 e. The van der Waals surface area contributed by atoms with Gasteiger partial charge in [-0.05, 0) is 57.0 Å². The first-order chi connectivity index (χ1) is 9.52. The Morgan fingerprint density at radius 1 is 1.35 bits per heavy atom. The molecule has 106 valence electrons. The van der Waals surface area contributed by atoms with Crippen molar-refractivity contribution in [2.24, 2.45) is 0 Å². The van der Waals surface area contributed by atoms with Crippen LogP contribution in [-0.4, -0.2) is 17.1 Å². The molecule has 1 heterocycles. The van der Waals surface area contributed by atoms with Crippen LogP contribution in [0.4, 0.5) is 0 Å². The lowest BCUT2D eigenvalue weighted by molar-refractivity contribution is -0.137. The molecule has 0 amide bonds. The number of rotatable bonds is 4. The number of hydrogen-bond donors (Lipinski definition) is 0. The lowest BCUT2D eigenvalue weighted by atomic mass is 10.1. The molecule has 0 saturated carbocycles. The number of benzene rings is 1. The molecule has 0 radical (unpaired) electrons. The van der Waals surface area contributed by atoms with E-state index in [0.717, 1.165) is 11.1 Å². The number of carbonyl (C=O) groups excluding carboxylic acids is 1. The van der Waals surface area contributed by atoms with Gasteiger partial charge in [0.25, 0.3) is 0 Å². The third-order valence-electron chi connectivity index (χ3n) is 3.35. The molecule has 3 heteroatoms. The van der Waals surface area contributed by atoms with Gasteiger partial charge in [-0.15, -0.1) is 0 Å². The summed E-state index contributed by atoms with van der Waals surface area (Å²) in [6.45, 7) is 8.47. The molecule has 0 aliphatic rings. The van der Waals surface area contributed by atoms with Gasteiger partial charge in [0.15, 0.2) is 0 Å². The van der Waals surface area contributed by atoms with Crippen molar-refractivity contribution in [2.45, 2.75) is 33.7 Å². The standard InChI is InChI=1S/C17H21NO2/c1-5-20-17(19)10-13(4)14-6-7-16-15(11-14)8-9-18(16)12(2)3/h6-12H,5H2,1-4H3. The van der Waals surface area contributed by atoms with Crippen LogP contribution in [0, 0.1) is 0 Å². The minimum atomic E-state index is -0.287. The summed E-state index contributed by atoms with van der Waals surface area (Å²) in [6, 6.07) is 8.81. The summed E-state index contributed by atoms with van der Waals surface area (Å²) in [7, 11) is 0. The van der Waals surface area contributed by atoms with E-state index in [0.29, 0.717) is 12.6 Å². The lowest BCUT2D eigenvalue weighted by Crippen LogP contribution is -2.00. The van der Waals surface area contributed by atoms with Gasteiger partial charge in [-0.1, -0.05) is 6.07 Å². The molecule has 20 heavy (non-hydrogen) atoms. The molecule has 0 fully saturated rings. The summed E-state index contributed by atoms with van der Waals surface area (Å²) < 4.78 is 7.18. The van der Waals surface area contributed by atoms with E-state index in [2.05, 4.69) is 42.8 Å². The highest BCUT2D eigenvalue weighted by Gasteiger charge is 2.06. The van der Waals surface area contributed by atoms with Crippen molar-refractivity contribution in [3.8, 4) is 0 Å². The fourth-order valence-electron chi connectivity index (χ4n) is 2.30. The van der Waals surface area contributed by atoms with E-state index in [9.17, 15) is 4.79 Å². The van der Waals surface area contributed by atoms with Crippen LogP contribution < -0.4 is 0 Å². The van der Waals surface area contributed by atoms with E-state index in [1.807, 2.05) is 19.9 Å². The van der Waals surface area contributed by atoms with E-state index in [4.69, 9.17) is 4.74 Å². The summed E-state index contributed by atoms with van der Waals surface area (Å²) >= 11 is 0. The largest absolute Gasteiger partial charge is 0.463 e. The van der Waals surface area contributed by atoms with Gasteiger partial charge in [0.1, 0.15) is 0 Å². The first-order valence-corrected chi connectivity index (χ1v) is 6.99. The minimum absolute atomic E-state index is 0.287. The van der Waals surface area contributed by atoms with Crippen molar-refractivity contribution in [3.63, 3.8) is 0 Å². The maximum Gasteiger partial charge on any atom is 0.331 e. The highest BCUT2D eigenvalue weighted by atomic mass is 16.5. The quantitative estimate of drug-likeness (QED) is 0.616. The number of allylic oxidation sites excluding steroid dienone is 1. The van der Waals surface area contributed by atoms with Crippen LogP contribution in [0.25, 0.3) is 16.5 Å². The number of fused-ring (bicyclic) bond motifs is 1. The van der Waals surface area contributed by atoms with Gasteiger partial charge < -0.3 is 9.30 Å². The number of hydrogen-bond acceptors (Lipinski definition) is 2. The van der Waals surface area contributed by atoms with Crippen molar-refractivity contribution in [3.05, 3.63) is 42.1 Å².